The number of aromatic amines is 1. The summed E-state index contributed by atoms with van der Waals surface area (Å²) in [6.45, 7) is 1.51. The van der Waals surface area contributed by atoms with Crippen molar-refractivity contribution in [1.29, 1.82) is 0 Å². The number of pyridine rings is 1. The second-order valence-electron chi connectivity index (χ2n) is 7.72. The average molecular weight is 378 g/mol. The third-order valence-electron chi connectivity index (χ3n) is 5.52. The number of hydrogen-bond donors (Lipinski definition) is 1. The van der Waals surface area contributed by atoms with Gasteiger partial charge in [-0.25, -0.2) is 13.4 Å². The minimum Gasteiger partial charge on any atom is -0.372 e. The number of hydrogen-bond acceptors (Lipinski definition) is 5. The maximum Gasteiger partial charge on any atom is 0.245 e. The largest absolute Gasteiger partial charge is 0.372 e. The fourth-order valence-corrected chi connectivity index (χ4v) is 6.08. The van der Waals surface area contributed by atoms with Gasteiger partial charge in [-0.3, -0.25) is 0 Å². The van der Waals surface area contributed by atoms with E-state index in [1.807, 2.05) is 19.0 Å². The van der Waals surface area contributed by atoms with Gasteiger partial charge < -0.3 is 14.6 Å². The maximum absolute atomic E-state index is 13.6. The van der Waals surface area contributed by atoms with Crippen molar-refractivity contribution in [3.63, 3.8) is 0 Å². The van der Waals surface area contributed by atoms with Gasteiger partial charge in [-0.05, 0) is 39.1 Å². The summed E-state index contributed by atoms with van der Waals surface area (Å²) >= 11 is 0. The van der Waals surface area contributed by atoms with Gasteiger partial charge in [0.05, 0.1) is 18.2 Å². The van der Waals surface area contributed by atoms with Crippen LogP contribution in [0.2, 0.25) is 0 Å². The molecule has 0 aromatic carbocycles. The predicted octanol–water partition coefficient (Wildman–Crippen LogP) is 1.83. The molecule has 3 heterocycles. The molecule has 142 valence electrons. The first kappa shape index (κ1) is 17.9. The van der Waals surface area contributed by atoms with E-state index in [1.54, 1.807) is 28.8 Å². The number of nitrogens with zero attached hydrogens (tertiary/aromatic N) is 3. The van der Waals surface area contributed by atoms with Crippen molar-refractivity contribution in [1.82, 2.24) is 19.2 Å². The van der Waals surface area contributed by atoms with Gasteiger partial charge in [-0.15, -0.1) is 0 Å². The predicted molar refractivity (Wildman–Crippen MR) is 99.5 cm³/mol. The number of morpholine rings is 1. The summed E-state index contributed by atoms with van der Waals surface area (Å²) in [5.74, 6) is 0. The number of H-pyrrole nitrogens is 1. The summed E-state index contributed by atoms with van der Waals surface area (Å²) in [6, 6.07) is 3.38. The van der Waals surface area contributed by atoms with Crippen molar-refractivity contribution >= 4 is 21.1 Å². The number of likely N-dealkylation sites (N-methyl/N-ethyl adjacent to an activating group) is 1. The van der Waals surface area contributed by atoms with Gasteiger partial charge in [0.2, 0.25) is 10.0 Å². The number of sulfonamides is 1. The summed E-state index contributed by atoms with van der Waals surface area (Å²) in [4.78, 5) is 9.54. The molecule has 1 aliphatic heterocycles. The minimum atomic E-state index is -3.65. The molecule has 4 rings (SSSR count). The van der Waals surface area contributed by atoms with Gasteiger partial charge in [0.25, 0.3) is 0 Å². The number of aromatic nitrogens is 2. The number of ether oxygens (including phenoxy) is 1. The number of rotatable bonds is 4. The van der Waals surface area contributed by atoms with Gasteiger partial charge in [0.15, 0.2) is 0 Å². The number of nitrogens with one attached hydrogen (secondary N) is 1. The van der Waals surface area contributed by atoms with E-state index in [4.69, 9.17) is 4.74 Å². The van der Waals surface area contributed by atoms with Gasteiger partial charge in [0.1, 0.15) is 10.5 Å². The van der Waals surface area contributed by atoms with Gasteiger partial charge in [-0.2, -0.15) is 4.31 Å². The molecular weight excluding hydrogens is 352 g/mol. The summed E-state index contributed by atoms with van der Waals surface area (Å²) < 4.78 is 35.1. The van der Waals surface area contributed by atoms with E-state index in [0.29, 0.717) is 35.6 Å². The Morgan fingerprint density at radius 1 is 1.38 bits per heavy atom. The first-order chi connectivity index (χ1) is 12.4. The van der Waals surface area contributed by atoms with E-state index in [0.717, 1.165) is 25.7 Å². The third kappa shape index (κ3) is 3.05. The third-order valence-corrected chi connectivity index (χ3v) is 7.46. The molecule has 26 heavy (non-hydrogen) atoms. The van der Waals surface area contributed by atoms with Crippen LogP contribution in [0.25, 0.3) is 11.0 Å². The molecule has 1 spiro atoms. The summed E-state index contributed by atoms with van der Waals surface area (Å²) in [5, 5.41) is 0.642. The fraction of sp³-hybridized carbons (Fsp3) is 0.611. The molecule has 0 radical (unpaired) electrons. The lowest BCUT2D eigenvalue weighted by atomic mass is 9.99. The Labute approximate surface area is 154 Å². The Morgan fingerprint density at radius 2 is 2.15 bits per heavy atom. The lowest BCUT2D eigenvalue weighted by Crippen LogP contribution is -2.59. The van der Waals surface area contributed by atoms with E-state index in [2.05, 4.69) is 9.97 Å². The second-order valence-corrected chi connectivity index (χ2v) is 9.58. The topological polar surface area (TPSA) is 78.5 Å². The van der Waals surface area contributed by atoms with Crippen molar-refractivity contribution in [2.75, 3.05) is 33.8 Å². The highest BCUT2D eigenvalue weighted by molar-refractivity contribution is 7.89. The smallest absolute Gasteiger partial charge is 0.245 e. The fourth-order valence-electron chi connectivity index (χ4n) is 4.25. The van der Waals surface area contributed by atoms with Crippen molar-refractivity contribution in [3.05, 3.63) is 24.5 Å². The first-order valence-electron chi connectivity index (χ1n) is 9.14. The zero-order valence-corrected chi connectivity index (χ0v) is 16.1. The second kappa shape index (κ2) is 6.60. The molecular formula is C18H26N4O3S. The zero-order valence-electron chi connectivity index (χ0n) is 15.3. The average Bonchev–Trinajstić information content (AvgIpc) is 3.24. The Morgan fingerprint density at radius 3 is 2.88 bits per heavy atom. The molecule has 0 amide bonds. The Kier molecular flexibility index (Phi) is 4.54. The molecule has 1 unspecified atom stereocenters. The van der Waals surface area contributed by atoms with E-state index >= 15 is 0 Å². The molecule has 1 aliphatic carbocycles. The van der Waals surface area contributed by atoms with Crippen LogP contribution in [-0.2, 0) is 14.8 Å². The van der Waals surface area contributed by atoms with Crippen LogP contribution in [0.3, 0.4) is 0 Å². The lowest BCUT2D eigenvalue weighted by Gasteiger charge is -2.45. The van der Waals surface area contributed by atoms with Crippen LogP contribution in [0.15, 0.2) is 29.4 Å². The van der Waals surface area contributed by atoms with Crippen LogP contribution in [0.5, 0.6) is 0 Å². The van der Waals surface area contributed by atoms with Crippen LogP contribution in [0.1, 0.15) is 25.7 Å². The molecule has 1 saturated carbocycles. The Bertz CT molecular complexity index is 887. The van der Waals surface area contributed by atoms with Crippen molar-refractivity contribution < 1.29 is 13.2 Å². The molecule has 0 bridgehead atoms. The molecule has 2 aliphatic rings. The van der Waals surface area contributed by atoms with Gasteiger partial charge in [0, 0.05) is 30.9 Å². The molecule has 7 nitrogen and oxygen atoms in total. The standard InChI is InChI=1S/C18H26N4O3S/c1-21(2)11-14-12-25-18(7-3-4-8-18)13-22(14)26(23,24)16-10-20-17-15(16)6-5-9-19-17/h5-6,9-10,14H,3-4,7-8,11-13H2,1-2H3,(H,19,20). The molecule has 1 atom stereocenters. The lowest BCUT2D eigenvalue weighted by molar-refractivity contribution is -0.109. The van der Waals surface area contributed by atoms with E-state index in [-0.39, 0.29) is 11.6 Å². The molecule has 1 saturated heterocycles. The van der Waals surface area contributed by atoms with E-state index < -0.39 is 10.0 Å². The van der Waals surface area contributed by atoms with Crippen LogP contribution in [0, 0.1) is 0 Å². The Hall–Kier alpha value is -1.48. The molecule has 8 heteroatoms. The SMILES string of the molecule is CN(C)CC1COC2(CCCC2)CN1S(=O)(=O)c1c[nH]c2ncccc12. The van der Waals surface area contributed by atoms with Crippen molar-refractivity contribution in [2.24, 2.45) is 0 Å². The van der Waals surface area contributed by atoms with Gasteiger partial charge >= 0.3 is 0 Å². The highest BCUT2D eigenvalue weighted by atomic mass is 32.2. The van der Waals surface area contributed by atoms with E-state index in [9.17, 15) is 8.42 Å². The van der Waals surface area contributed by atoms with E-state index in [1.165, 1.54) is 0 Å². The highest BCUT2D eigenvalue weighted by Gasteiger charge is 2.47. The van der Waals surface area contributed by atoms with Crippen LogP contribution < -0.4 is 0 Å². The highest BCUT2D eigenvalue weighted by Crippen LogP contribution is 2.39. The minimum absolute atomic E-state index is 0.192. The first-order valence-corrected chi connectivity index (χ1v) is 10.6. The quantitative estimate of drug-likeness (QED) is 0.878. The molecule has 2 aromatic rings. The molecule has 1 N–H and O–H groups in total. The summed E-state index contributed by atoms with van der Waals surface area (Å²) in [6.07, 6.45) is 7.29. The van der Waals surface area contributed by atoms with Crippen molar-refractivity contribution in [2.45, 2.75) is 42.2 Å². The van der Waals surface area contributed by atoms with Crippen LogP contribution >= 0.6 is 0 Å². The van der Waals surface area contributed by atoms with Gasteiger partial charge in [-0.1, -0.05) is 12.8 Å². The summed E-state index contributed by atoms with van der Waals surface area (Å²) in [5.41, 5.74) is 0.277. The summed E-state index contributed by atoms with van der Waals surface area (Å²) in [7, 11) is 0.269. The normalized spacial score (nSPS) is 24.0. The van der Waals surface area contributed by atoms with Crippen molar-refractivity contribution in [3.8, 4) is 0 Å². The maximum atomic E-state index is 13.6. The van der Waals surface area contributed by atoms with Crippen LogP contribution in [-0.4, -0.2) is 73.0 Å². The van der Waals surface area contributed by atoms with Crippen LogP contribution in [0.4, 0.5) is 0 Å². The zero-order chi connectivity index (χ0) is 18.4. The monoisotopic (exact) mass is 378 g/mol. The Balaban J connectivity index is 1.74. The molecule has 2 aromatic heterocycles. The number of fused-ring (bicyclic) bond motifs is 1. The molecule has 2 fully saturated rings.